The number of nitrogens with one attached hydrogen (secondary N) is 1. The van der Waals surface area contributed by atoms with Gasteiger partial charge in [-0.1, -0.05) is 17.3 Å². The molecular formula is C15H14FN3O3. The summed E-state index contributed by atoms with van der Waals surface area (Å²) < 4.78 is 17.7. The van der Waals surface area contributed by atoms with E-state index in [-0.39, 0.29) is 24.1 Å². The number of halogens is 1. The van der Waals surface area contributed by atoms with Crippen molar-refractivity contribution in [1.82, 2.24) is 10.1 Å². The highest BCUT2D eigenvalue weighted by Gasteiger charge is 2.42. The van der Waals surface area contributed by atoms with E-state index in [1.54, 1.807) is 19.2 Å². The second kappa shape index (κ2) is 5.59. The molecule has 1 aliphatic heterocycles. The Labute approximate surface area is 125 Å². The molecule has 0 bridgehead atoms. The van der Waals surface area contributed by atoms with Gasteiger partial charge < -0.3 is 14.7 Å². The van der Waals surface area contributed by atoms with Crippen LogP contribution in [0, 0.1) is 11.7 Å². The maximum Gasteiger partial charge on any atom is 0.231 e. The summed E-state index contributed by atoms with van der Waals surface area (Å²) >= 11 is 0. The van der Waals surface area contributed by atoms with Crippen LogP contribution in [0.15, 0.2) is 41.1 Å². The largest absolute Gasteiger partial charge is 0.363 e. The summed E-state index contributed by atoms with van der Waals surface area (Å²) in [6.07, 6.45) is 1.45. The number of carbonyl (C=O) groups is 2. The molecule has 114 valence electrons. The van der Waals surface area contributed by atoms with Crippen LogP contribution in [-0.2, 0) is 9.59 Å². The first-order valence-corrected chi connectivity index (χ1v) is 6.78. The van der Waals surface area contributed by atoms with E-state index in [4.69, 9.17) is 0 Å². The minimum Gasteiger partial charge on any atom is -0.363 e. The number of hydrogen-bond donors (Lipinski definition) is 1. The fourth-order valence-corrected chi connectivity index (χ4v) is 2.72. The number of amides is 2. The van der Waals surface area contributed by atoms with E-state index in [0.717, 1.165) is 5.56 Å². The number of benzene rings is 1. The van der Waals surface area contributed by atoms with Crippen molar-refractivity contribution in [1.29, 1.82) is 0 Å². The van der Waals surface area contributed by atoms with Crippen molar-refractivity contribution in [2.24, 2.45) is 5.92 Å². The van der Waals surface area contributed by atoms with Crippen LogP contribution in [0.2, 0.25) is 0 Å². The zero-order valence-corrected chi connectivity index (χ0v) is 11.8. The predicted molar refractivity (Wildman–Crippen MR) is 75.2 cm³/mol. The first-order valence-electron chi connectivity index (χ1n) is 6.78. The van der Waals surface area contributed by atoms with E-state index in [0.29, 0.717) is 5.82 Å². The van der Waals surface area contributed by atoms with Gasteiger partial charge in [-0.3, -0.25) is 9.59 Å². The highest BCUT2D eigenvalue weighted by molar-refractivity contribution is 5.97. The van der Waals surface area contributed by atoms with Gasteiger partial charge in [0.1, 0.15) is 12.1 Å². The van der Waals surface area contributed by atoms with Crippen molar-refractivity contribution in [3.05, 3.63) is 48.0 Å². The predicted octanol–water partition coefficient (Wildman–Crippen LogP) is 1.97. The van der Waals surface area contributed by atoms with E-state index in [1.165, 1.54) is 29.4 Å². The Morgan fingerprint density at radius 2 is 2.09 bits per heavy atom. The van der Waals surface area contributed by atoms with E-state index < -0.39 is 12.0 Å². The van der Waals surface area contributed by atoms with Gasteiger partial charge in [-0.2, -0.15) is 0 Å². The van der Waals surface area contributed by atoms with Gasteiger partial charge in [0.25, 0.3) is 0 Å². The molecule has 3 rings (SSSR count). The monoisotopic (exact) mass is 303 g/mol. The zero-order valence-electron chi connectivity index (χ0n) is 11.8. The maximum absolute atomic E-state index is 13.1. The van der Waals surface area contributed by atoms with Crippen LogP contribution in [-0.4, -0.2) is 28.9 Å². The van der Waals surface area contributed by atoms with E-state index in [2.05, 4.69) is 15.0 Å². The number of hydrogen-bond acceptors (Lipinski definition) is 4. The molecule has 2 amide bonds. The highest BCUT2D eigenvalue weighted by Crippen LogP contribution is 2.37. The quantitative estimate of drug-likeness (QED) is 0.940. The number of nitrogens with zero attached hydrogens (tertiary/aromatic N) is 2. The van der Waals surface area contributed by atoms with Gasteiger partial charge in [0.15, 0.2) is 5.82 Å². The Morgan fingerprint density at radius 1 is 1.36 bits per heavy atom. The Morgan fingerprint density at radius 3 is 2.73 bits per heavy atom. The van der Waals surface area contributed by atoms with Crippen molar-refractivity contribution in [3.8, 4) is 0 Å². The molecular weight excluding hydrogens is 289 g/mol. The lowest BCUT2D eigenvalue weighted by Crippen LogP contribution is -2.30. The lowest BCUT2D eigenvalue weighted by Gasteiger charge is -2.24. The van der Waals surface area contributed by atoms with Crippen LogP contribution in [0.3, 0.4) is 0 Å². The maximum atomic E-state index is 13.1. The van der Waals surface area contributed by atoms with Crippen molar-refractivity contribution >= 4 is 17.6 Å². The van der Waals surface area contributed by atoms with Gasteiger partial charge in [-0.25, -0.2) is 4.39 Å². The molecule has 0 spiro atoms. The number of aromatic nitrogens is 1. The number of anilines is 1. The standard InChI is InChI=1S/C15H14FN3O3/c1-19-13(20)8-11(15(21)17-12-6-7-22-18-12)14(19)9-2-4-10(16)5-3-9/h2-7,11,14H,8H2,1H3,(H,17,18,21)/t11-,14-/m1/s1. The summed E-state index contributed by atoms with van der Waals surface area (Å²) in [5, 5.41) is 6.24. The summed E-state index contributed by atoms with van der Waals surface area (Å²) in [6.45, 7) is 0. The van der Waals surface area contributed by atoms with Gasteiger partial charge in [0.05, 0.1) is 12.0 Å². The van der Waals surface area contributed by atoms with Gasteiger partial charge in [-0.05, 0) is 17.7 Å². The molecule has 22 heavy (non-hydrogen) atoms. The Balaban J connectivity index is 1.86. The summed E-state index contributed by atoms with van der Waals surface area (Å²) in [5.41, 5.74) is 0.718. The number of likely N-dealkylation sites (tertiary alicyclic amines) is 1. The first-order chi connectivity index (χ1) is 10.6. The van der Waals surface area contributed by atoms with Crippen LogP contribution in [0.5, 0.6) is 0 Å². The molecule has 1 aliphatic rings. The fourth-order valence-electron chi connectivity index (χ4n) is 2.72. The molecule has 6 nitrogen and oxygen atoms in total. The Bertz CT molecular complexity index is 685. The first kappa shape index (κ1) is 14.2. The van der Waals surface area contributed by atoms with Crippen molar-refractivity contribution in [3.63, 3.8) is 0 Å². The summed E-state index contributed by atoms with van der Waals surface area (Å²) in [5.74, 6) is -1.08. The van der Waals surface area contributed by atoms with Gasteiger partial charge in [-0.15, -0.1) is 0 Å². The average molecular weight is 303 g/mol. The molecule has 7 heteroatoms. The van der Waals surface area contributed by atoms with E-state index in [9.17, 15) is 14.0 Å². The Kier molecular flexibility index (Phi) is 3.62. The molecule has 1 aromatic heterocycles. The Hall–Kier alpha value is -2.70. The third kappa shape index (κ3) is 2.57. The molecule has 0 aliphatic carbocycles. The lowest BCUT2D eigenvalue weighted by molar-refractivity contribution is -0.127. The van der Waals surface area contributed by atoms with Crippen molar-refractivity contribution in [2.75, 3.05) is 12.4 Å². The molecule has 2 aromatic rings. The molecule has 1 aromatic carbocycles. The molecule has 2 heterocycles. The fraction of sp³-hybridized carbons (Fsp3) is 0.267. The van der Waals surface area contributed by atoms with Crippen LogP contribution >= 0.6 is 0 Å². The average Bonchev–Trinajstić information content (AvgIpc) is 3.10. The topological polar surface area (TPSA) is 75.4 Å². The summed E-state index contributed by atoms with van der Waals surface area (Å²) in [6, 6.07) is 6.90. The normalized spacial score (nSPS) is 21.2. The molecule has 1 saturated heterocycles. The van der Waals surface area contributed by atoms with Crippen molar-refractivity contribution in [2.45, 2.75) is 12.5 Å². The van der Waals surface area contributed by atoms with Crippen LogP contribution < -0.4 is 5.32 Å². The molecule has 1 N–H and O–H groups in total. The van der Waals surface area contributed by atoms with Gasteiger partial charge >= 0.3 is 0 Å². The molecule has 0 unspecified atom stereocenters. The molecule has 2 atom stereocenters. The number of carbonyl (C=O) groups excluding carboxylic acids is 2. The highest BCUT2D eigenvalue weighted by atomic mass is 19.1. The minimum atomic E-state index is -0.570. The zero-order chi connectivity index (χ0) is 15.7. The smallest absolute Gasteiger partial charge is 0.231 e. The van der Waals surface area contributed by atoms with Gasteiger partial charge in [0.2, 0.25) is 11.8 Å². The van der Waals surface area contributed by atoms with E-state index in [1.807, 2.05) is 0 Å². The second-order valence-corrected chi connectivity index (χ2v) is 5.19. The summed E-state index contributed by atoms with van der Waals surface area (Å²) in [7, 11) is 1.64. The summed E-state index contributed by atoms with van der Waals surface area (Å²) in [4.78, 5) is 25.9. The van der Waals surface area contributed by atoms with Crippen LogP contribution in [0.1, 0.15) is 18.0 Å². The van der Waals surface area contributed by atoms with Crippen molar-refractivity contribution < 1.29 is 18.5 Å². The second-order valence-electron chi connectivity index (χ2n) is 5.19. The molecule has 0 radical (unpaired) electrons. The van der Waals surface area contributed by atoms with E-state index >= 15 is 0 Å². The third-order valence-corrected chi connectivity index (χ3v) is 3.82. The lowest BCUT2D eigenvalue weighted by atomic mass is 9.93. The minimum absolute atomic E-state index is 0.0994. The van der Waals surface area contributed by atoms with Crippen LogP contribution in [0.4, 0.5) is 10.2 Å². The third-order valence-electron chi connectivity index (χ3n) is 3.82. The molecule has 1 fully saturated rings. The SMILES string of the molecule is CN1C(=O)C[C@@H](C(=O)Nc2ccon2)[C@H]1c1ccc(F)cc1. The molecule has 0 saturated carbocycles. The number of rotatable bonds is 3. The van der Waals surface area contributed by atoms with Gasteiger partial charge in [0, 0.05) is 19.5 Å². The van der Waals surface area contributed by atoms with Crippen LogP contribution in [0.25, 0.3) is 0 Å².